The first kappa shape index (κ1) is 13.7. The van der Waals surface area contributed by atoms with Gasteiger partial charge in [-0.15, -0.1) is 0 Å². The van der Waals surface area contributed by atoms with Crippen LogP contribution in [0.4, 0.5) is 0 Å². The molecule has 3 N–H and O–H groups in total. The summed E-state index contributed by atoms with van der Waals surface area (Å²) in [6.45, 7) is 4.31. The summed E-state index contributed by atoms with van der Waals surface area (Å²) in [4.78, 5) is 11.5. The molecule has 0 aromatic heterocycles. The summed E-state index contributed by atoms with van der Waals surface area (Å²) >= 11 is 0. The van der Waals surface area contributed by atoms with Crippen LogP contribution in [0.1, 0.15) is 32.3 Å². The van der Waals surface area contributed by atoms with Crippen molar-refractivity contribution < 1.29 is 15.3 Å². The van der Waals surface area contributed by atoms with Crippen LogP contribution < -0.4 is 5.73 Å². The van der Waals surface area contributed by atoms with Crippen molar-refractivity contribution in [2.75, 3.05) is 6.54 Å². The lowest BCUT2D eigenvalue weighted by molar-refractivity contribution is -0.361. The van der Waals surface area contributed by atoms with Crippen LogP contribution in [0, 0.1) is 0 Å². The fourth-order valence-corrected chi connectivity index (χ4v) is 1.94. The maximum atomic E-state index is 11.5. The van der Waals surface area contributed by atoms with Crippen molar-refractivity contribution in [3.05, 3.63) is 35.9 Å². The maximum absolute atomic E-state index is 11.5. The Labute approximate surface area is 103 Å². The molecule has 3 nitrogen and oxygen atoms in total. The van der Waals surface area contributed by atoms with Crippen molar-refractivity contribution in [1.29, 1.82) is 0 Å². The van der Waals surface area contributed by atoms with E-state index < -0.39 is 0 Å². The van der Waals surface area contributed by atoms with Crippen molar-refractivity contribution in [2.45, 2.75) is 38.7 Å². The van der Waals surface area contributed by atoms with Crippen molar-refractivity contribution in [1.82, 2.24) is 0 Å². The monoisotopic (exact) mass is 236 g/mol. The number of ether oxygens (including phenoxy) is 1. The molecule has 94 valence electrons. The third-order valence-corrected chi connectivity index (χ3v) is 3.19. The van der Waals surface area contributed by atoms with Crippen LogP contribution in [0.2, 0.25) is 0 Å². The number of benzene rings is 1. The second-order valence-electron chi connectivity index (χ2n) is 4.28. The predicted octanol–water partition coefficient (Wildman–Crippen LogP) is 1.57. The van der Waals surface area contributed by atoms with Crippen molar-refractivity contribution >= 4 is 5.97 Å². The van der Waals surface area contributed by atoms with Crippen LogP contribution >= 0.6 is 0 Å². The molecule has 0 heterocycles. The highest BCUT2D eigenvalue weighted by Gasteiger charge is 2.30. The zero-order valence-electron chi connectivity index (χ0n) is 10.7. The molecule has 0 spiro atoms. The average Bonchev–Trinajstić information content (AvgIpc) is 2.39. The lowest BCUT2D eigenvalue weighted by Gasteiger charge is -2.31. The summed E-state index contributed by atoms with van der Waals surface area (Å²) in [7, 11) is 0. The molecule has 0 atom stereocenters. The molecule has 0 fully saturated rings. The van der Waals surface area contributed by atoms with Gasteiger partial charge in [0.1, 0.15) is 5.60 Å². The van der Waals surface area contributed by atoms with Crippen molar-refractivity contribution in [3.63, 3.8) is 0 Å². The molecule has 17 heavy (non-hydrogen) atoms. The fraction of sp³-hybridized carbons (Fsp3) is 0.500. The molecule has 0 radical (unpaired) electrons. The Morgan fingerprint density at radius 2 is 1.82 bits per heavy atom. The van der Waals surface area contributed by atoms with Crippen LogP contribution in [0.3, 0.4) is 0 Å². The Hall–Kier alpha value is -1.35. The first-order valence-electron chi connectivity index (χ1n) is 6.21. The Bertz CT molecular complexity index is 344. The van der Waals surface area contributed by atoms with Crippen LogP contribution in [-0.2, 0) is 16.0 Å². The molecule has 3 heteroatoms. The number of hydrogen-bond donors (Lipinski definition) is 1. The number of carbonyl (C=O) groups excluding carboxylic acids is 1. The van der Waals surface area contributed by atoms with Gasteiger partial charge in [0.25, 0.3) is 0 Å². The molecule has 1 rings (SSSR count). The third kappa shape index (κ3) is 3.86. The summed E-state index contributed by atoms with van der Waals surface area (Å²) in [6, 6.07) is 10.1. The first-order valence-corrected chi connectivity index (χ1v) is 6.21. The van der Waals surface area contributed by atoms with E-state index in [0.717, 1.165) is 19.3 Å². The van der Waals surface area contributed by atoms with E-state index in [0.29, 0.717) is 0 Å². The van der Waals surface area contributed by atoms with Gasteiger partial charge in [0.15, 0.2) is 6.54 Å². The molecule has 0 aliphatic rings. The van der Waals surface area contributed by atoms with Gasteiger partial charge in [-0.1, -0.05) is 44.2 Å². The molecule has 0 saturated carbocycles. The lowest BCUT2D eigenvalue weighted by Crippen LogP contribution is -2.56. The van der Waals surface area contributed by atoms with Crippen LogP contribution in [0.15, 0.2) is 30.3 Å². The molecule has 0 saturated heterocycles. The summed E-state index contributed by atoms with van der Waals surface area (Å²) in [5.74, 6) is -0.218. The second kappa shape index (κ2) is 6.40. The second-order valence-corrected chi connectivity index (χ2v) is 4.28. The standard InChI is InChI=1S/C14H21NO2/c1-3-14(4-2,17-13(16)11-15)10-12-8-6-5-7-9-12/h5-9H,3-4,10-11,15H2,1-2H3/p+1. The van der Waals surface area contributed by atoms with Crippen molar-refractivity contribution in [3.8, 4) is 0 Å². The summed E-state index contributed by atoms with van der Waals surface area (Å²) in [6.07, 6.45) is 2.42. The molecule has 1 aromatic carbocycles. The Morgan fingerprint density at radius 1 is 1.24 bits per heavy atom. The average molecular weight is 236 g/mol. The first-order chi connectivity index (χ1) is 8.15. The minimum atomic E-state index is -0.379. The third-order valence-electron chi connectivity index (χ3n) is 3.19. The van der Waals surface area contributed by atoms with Gasteiger partial charge in [-0.25, -0.2) is 4.79 Å². The summed E-state index contributed by atoms with van der Waals surface area (Å²) in [5, 5.41) is 0. The summed E-state index contributed by atoms with van der Waals surface area (Å²) < 4.78 is 5.59. The van der Waals surface area contributed by atoms with E-state index in [1.807, 2.05) is 18.2 Å². The normalized spacial score (nSPS) is 11.2. The topological polar surface area (TPSA) is 53.9 Å². The van der Waals surface area contributed by atoms with Crippen molar-refractivity contribution in [2.24, 2.45) is 0 Å². The minimum Gasteiger partial charge on any atom is -0.455 e. The molecular weight excluding hydrogens is 214 g/mol. The quantitative estimate of drug-likeness (QED) is 0.762. The van der Waals surface area contributed by atoms with Gasteiger partial charge in [-0.2, -0.15) is 0 Å². The summed E-state index contributed by atoms with van der Waals surface area (Å²) in [5.41, 5.74) is 4.39. The van der Waals surface area contributed by atoms with E-state index >= 15 is 0 Å². The predicted molar refractivity (Wildman–Crippen MR) is 67.3 cm³/mol. The van der Waals surface area contributed by atoms with Gasteiger partial charge < -0.3 is 10.5 Å². The molecule has 0 amide bonds. The zero-order chi connectivity index (χ0) is 12.7. The molecule has 0 bridgehead atoms. The SMILES string of the molecule is CCC(CC)(Cc1ccccc1)OC(=O)C[NH3+]. The smallest absolute Gasteiger partial charge is 0.362 e. The van der Waals surface area contributed by atoms with E-state index in [1.165, 1.54) is 5.56 Å². The number of esters is 1. The van der Waals surface area contributed by atoms with E-state index in [-0.39, 0.29) is 18.1 Å². The minimum absolute atomic E-state index is 0.191. The van der Waals surface area contributed by atoms with E-state index in [9.17, 15) is 4.79 Å². The van der Waals surface area contributed by atoms with Gasteiger partial charge >= 0.3 is 5.97 Å². The Morgan fingerprint density at radius 3 is 2.29 bits per heavy atom. The molecule has 0 unspecified atom stereocenters. The fourth-order valence-electron chi connectivity index (χ4n) is 1.94. The van der Waals surface area contributed by atoms with Crippen LogP contribution in [0.5, 0.6) is 0 Å². The lowest BCUT2D eigenvalue weighted by atomic mass is 9.89. The molecule has 0 aliphatic carbocycles. The maximum Gasteiger partial charge on any atom is 0.362 e. The number of rotatable bonds is 6. The number of hydrogen-bond acceptors (Lipinski definition) is 2. The van der Waals surface area contributed by atoms with E-state index in [4.69, 9.17) is 4.74 Å². The van der Waals surface area contributed by atoms with Gasteiger partial charge in [0.05, 0.1) is 0 Å². The highest BCUT2D eigenvalue weighted by Crippen LogP contribution is 2.25. The van der Waals surface area contributed by atoms with Gasteiger partial charge in [0.2, 0.25) is 0 Å². The largest absolute Gasteiger partial charge is 0.455 e. The van der Waals surface area contributed by atoms with E-state index in [2.05, 4.69) is 31.7 Å². The Balaban J connectivity index is 2.81. The number of carbonyl (C=O) groups is 1. The highest BCUT2D eigenvalue weighted by atomic mass is 16.6. The Kier molecular flexibility index (Phi) is 5.16. The molecule has 0 aliphatic heterocycles. The molecule has 1 aromatic rings. The number of quaternary nitrogens is 1. The zero-order valence-corrected chi connectivity index (χ0v) is 10.7. The van der Waals surface area contributed by atoms with Gasteiger partial charge in [0, 0.05) is 6.42 Å². The van der Waals surface area contributed by atoms with Gasteiger partial charge in [-0.05, 0) is 18.4 Å². The molecular formula is C14H22NO2+. The van der Waals surface area contributed by atoms with Gasteiger partial charge in [-0.3, -0.25) is 0 Å². The van der Waals surface area contributed by atoms with Crippen LogP contribution in [-0.4, -0.2) is 18.1 Å². The highest BCUT2D eigenvalue weighted by molar-refractivity contribution is 5.70. The van der Waals surface area contributed by atoms with Crippen LogP contribution in [0.25, 0.3) is 0 Å². The van der Waals surface area contributed by atoms with E-state index in [1.54, 1.807) is 0 Å².